The van der Waals surface area contributed by atoms with Crippen molar-refractivity contribution in [2.24, 2.45) is 16.8 Å². The highest BCUT2D eigenvalue weighted by atomic mass is 32.2. The molecular formula is C43H62N5O14PSSi. The minimum atomic E-state index is -3.82. The van der Waals surface area contributed by atoms with Crippen molar-refractivity contribution in [1.29, 1.82) is 0 Å². The van der Waals surface area contributed by atoms with Gasteiger partial charge in [-0.05, 0) is 93.6 Å². The molecule has 0 aliphatic carbocycles. The van der Waals surface area contributed by atoms with Crippen LogP contribution >= 0.6 is 19.3 Å². The second kappa shape index (κ2) is 23.3. The third kappa shape index (κ3) is 13.8. The van der Waals surface area contributed by atoms with Crippen molar-refractivity contribution in [1.82, 2.24) is 9.80 Å². The third-order valence-electron chi connectivity index (χ3n) is 11.6. The Balaban J connectivity index is 1.57. The number of nitrogens with zero attached hydrogens (tertiary/aromatic N) is 5. The molecule has 0 aromatic heterocycles. The van der Waals surface area contributed by atoms with Gasteiger partial charge < -0.3 is 32.4 Å². The zero-order valence-electron chi connectivity index (χ0n) is 38.8. The number of benzene rings is 2. The molecule has 0 radical (unpaired) electrons. The highest BCUT2D eigenvalue weighted by Crippen LogP contribution is 2.56. The molecule has 2 aliphatic rings. The second-order valence-corrected chi connectivity index (χ2v) is 25.5. The van der Waals surface area contributed by atoms with Gasteiger partial charge in [-0.15, -0.1) is 0 Å². The number of thioether (sulfide) groups is 1. The summed E-state index contributed by atoms with van der Waals surface area (Å²) >= 11 is 1.14. The van der Waals surface area contributed by atoms with E-state index < -0.39 is 61.8 Å². The van der Waals surface area contributed by atoms with E-state index in [1.54, 1.807) is 20.8 Å². The molecule has 2 fully saturated rings. The Morgan fingerprint density at radius 3 is 1.88 bits per heavy atom. The van der Waals surface area contributed by atoms with Crippen LogP contribution < -0.4 is 0 Å². The lowest BCUT2D eigenvalue weighted by atomic mass is 9.81. The molecule has 19 nitrogen and oxygen atoms in total. The average Bonchev–Trinajstić information content (AvgIpc) is 3.72. The van der Waals surface area contributed by atoms with Crippen LogP contribution in [0.2, 0.25) is 18.1 Å². The molecule has 5 unspecified atom stereocenters. The number of ether oxygens (including phenoxy) is 2. The number of nitro benzene ring substituents is 2. The van der Waals surface area contributed by atoms with Crippen LogP contribution in [0.4, 0.5) is 16.2 Å². The van der Waals surface area contributed by atoms with Gasteiger partial charge in [-0.2, -0.15) is 4.99 Å². The Kier molecular flexibility index (Phi) is 19.0. The van der Waals surface area contributed by atoms with Crippen molar-refractivity contribution in [2.45, 2.75) is 117 Å². The number of likely N-dealkylation sites (tertiary alicyclic amines) is 2. The molecular weight excluding hydrogens is 902 g/mol. The summed E-state index contributed by atoms with van der Waals surface area (Å²) in [5.41, 5.74) is 0.536. The van der Waals surface area contributed by atoms with E-state index in [9.17, 15) is 39.4 Å². The van der Waals surface area contributed by atoms with Gasteiger partial charge in [0.25, 0.3) is 18.9 Å². The summed E-state index contributed by atoms with van der Waals surface area (Å²) in [7, 11) is -6.27. The van der Waals surface area contributed by atoms with Gasteiger partial charge in [0.05, 0.1) is 54.1 Å². The zero-order chi connectivity index (χ0) is 48.3. The SMILES string of the molecule is CCOP(OCC)(OCC)=C(C(=O)OCc1ccc([N+](=O)[O-])cc1)N1C(=O)C(C(C)O[Si](C)(C)C(C)(C)C)C1CC(=O)SC(C)C1CCN(C=NC(=O)OCc2ccc([N+](=O)[O-])cc2)C1. The molecule has 0 bridgehead atoms. The maximum absolute atomic E-state index is 14.7. The molecule has 0 saturated carbocycles. The predicted octanol–water partition coefficient (Wildman–Crippen LogP) is 8.51. The first kappa shape index (κ1) is 53.1. The number of nitro groups is 2. The van der Waals surface area contributed by atoms with E-state index in [4.69, 9.17) is 27.5 Å². The number of rotatable bonds is 22. The lowest BCUT2D eigenvalue weighted by molar-refractivity contribution is -0.385. The van der Waals surface area contributed by atoms with Gasteiger partial charge >= 0.3 is 12.1 Å². The second-order valence-electron chi connectivity index (χ2n) is 17.1. The van der Waals surface area contributed by atoms with Crippen LogP contribution in [-0.2, 0) is 55.1 Å². The Morgan fingerprint density at radius 2 is 1.40 bits per heavy atom. The van der Waals surface area contributed by atoms with E-state index in [1.807, 2.05) is 18.7 Å². The minimum Gasteiger partial charge on any atom is -0.456 e. The van der Waals surface area contributed by atoms with E-state index in [-0.39, 0.29) is 77.6 Å². The van der Waals surface area contributed by atoms with Gasteiger partial charge in [0.2, 0.25) is 11.3 Å². The molecule has 4 rings (SSSR count). The number of hydrogen-bond donors (Lipinski definition) is 0. The number of carbonyl (C=O) groups is 4. The Morgan fingerprint density at radius 1 is 0.892 bits per heavy atom. The van der Waals surface area contributed by atoms with Gasteiger partial charge in [-0.3, -0.25) is 34.7 Å². The molecule has 358 valence electrons. The fourth-order valence-corrected chi connectivity index (χ4v) is 12.1. The summed E-state index contributed by atoms with van der Waals surface area (Å²) in [5.74, 6) is -2.23. The summed E-state index contributed by atoms with van der Waals surface area (Å²) < 4.78 is 36.3. The number of aliphatic imine (C=N–C) groups is 1. The molecule has 2 aliphatic heterocycles. The largest absolute Gasteiger partial charge is 0.456 e. The smallest absolute Gasteiger partial charge is 0.435 e. The van der Waals surface area contributed by atoms with Gasteiger partial charge in [-0.1, -0.05) is 39.5 Å². The highest BCUT2D eigenvalue weighted by Gasteiger charge is 2.58. The summed E-state index contributed by atoms with van der Waals surface area (Å²) in [6, 6.07) is 10.3. The Labute approximate surface area is 385 Å². The number of non-ortho nitro benzene ring substituents is 2. The van der Waals surface area contributed by atoms with E-state index in [0.29, 0.717) is 30.6 Å². The topological polar surface area (TPSA) is 229 Å². The molecule has 0 N–H and O–H groups in total. The van der Waals surface area contributed by atoms with Crippen LogP contribution in [0.1, 0.15) is 79.4 Å². The van der Waals surface area contributed by atoms with Gasteiger partial charge in [0.1, 0.15) is 13.2 Å². The number of carbonyl (C=O) groups excluding carboxylic acids is 4. The lowest BCUT2D eigenvalue weighted by Gasteiger charge is -2.52. The fourth-order valence-electron chi connectivity index (χ4n) is 7.20. The molecule has 0 spiro atoms. The maximum Gasteiger partial charge on any atom is 0.435 e. The standard InChI is InChI=1S/C43H62N5O14PSSi/c1-11-59-63(60-12-2,61-13-3)40(41(51)57-26-31-14-18-34(19-15-31)47(53)54)46-36(38(39(46)50)29(4)62-65(9,10)43(6,7)8)24-37(49)64-30(5)33-22-23-45(25-33)28-44-42(52)58-27-32-16-20-35(21-17-32)48(55)56/h14-21,28-30,33,36,38H,11-13,22-27H2,1-10H3. The molecule has 5 atom stereocenters. The average molecular weight is 964 g/mol. The van der Waals surface area contributed by atoms with Crippen molar-refractivity contribution >= 4 is 73.9 Å². The van der Waals surface area contributed by atoms with Crippen LogP contribution in [0.25, 0.3) is 0 Å². The molecule has 2 amide bonds. The van der Waals surface area contributed by atoms with Crippen LogP contribution in [0.15, 0.2) is 53.5 Å². The van der Waals surface area contributed by atoms with Gasteiger partial charge in [0.15, 0.2) is 13.4 Å². The van der Waals surface area contributed by atoms with Crippen molar-refractivity contribution in [3.63, 3.8) is 0 Å². The van der Waals surface area contributed by atoms with E-state index in [2.05, 4.69) is 38.9 Å². The summed E-state index contributed by atoms with van der Waals surface area (Å²) in [4.78, 5) is 83.9. The zero-order valence-corrected chi connectivity index (χ0v) is 41.5. The van der Waals surface area contributed by atoms with Crippen molar-refractivity contribution in [3.8, 4) is 0 Å². The molecule has 65 heavy (non-hydrogen) atoms. The number of esters is 1. The number of amides is 2. The van der Waals surface area contributed by atoms with E-state index in [0.717, 1.165) is 11.8 Å². The van der Waals surface area contributed by atoms with Crippen molar-refractivity contribution in [2.75, 3.05) is 32.9 Å². The molecule has 22 heteroatoms. The first-order chi connectivity index (χ1) is 30.6. The molecule has 2 aromatic rings. The summed E-state index contributed by atoms with van der Waals surface area (Å²) in [5, 5.41) is 21.6. The highest BCUT2D eigenvalue weighted by molar-refractivity contribution is 8.14. The molecule has 2 heterocycles. The van der Waals surface area contributed by atoms with E-state index in [1.165, 1.54) is 59.8 Å². The molecule has 2 saturated heterocycles. The molecule has 2 aromatic carbocycles. The predicted molar refractivity (Wildman–Crippen MR) is 250 cm³/mol. The normalized spacial score (nSPS) is 18.9. The van der Waals surface area contributed by atoms with Gasteiger partial charge in [-0.25, -0.2) is 9.59 Å². The van der Waals surface area contributed by atoms with Crippen LogP contribution in [0.5, 0.6) is 0 Å². The van der Waals surface area contributed by atoms with Crippen molar-refractivity contribution in [3.05, 3.63) is 79.9 Å². The van der Waals surface area contributed by atoms with Gasteiger partial charge in [0, 0.05) is 49.0 Å². The Hall–Kier alpha value is -4.50. The van der Waals surface area contributed by atoms with Crippen LogP contribution in [-0.4, -0.2) is 113 Å². The van der Waals surface area contributed by atoms with Crippen LogP contribution in [0, 0.1) is 32.1 Å². The first-order valence-corrected chi connectivity index (χ1v) is 26.9. The summed E-state index contributed by atoms with van der Waals surface area (Å²) in [6.45, 7) is 20.1. The maximum atomic E-state index is 14.7. The lowest BCUT2D eigenvalue weighted by Crippen LogP contribution is -2.69. The quantitative estimate of drug-likeness (QED) is 0.0157. The minimum absolute atomic E-state index is 0.0336. The number of β-lactam (4-membered cyclic amide) rings is 1. The monoisotopic (exact) mass is 963 g/mol. The number of hydrogen-bond acceptors (Lipinski definition) is 15. The van der Waals surface area contributed by atoms with Crippen LogP contribution in [0.3, 0.4) is 0 Å². The van der Waals surface area contributed by atoms with E-state index >= 15 is 0 Å². The Bertz CT molecular complexity index is 2090. The summed E-state index contributed by atoms with van der Waals surface area (Å²) in [6.07, 6.45) is 0.508. The van der Waals surface area contributed by atoms with Crippen molar-refractivity contribution < 1.29 is 56.5 Å². The fraction of sp³-hybridized carbons (Fsp3) is 0.581. The first-order valence-electron chi connectivity index (χ1n) is 21.6. The third-order valence-corrected chi connectivity index (χ3v) is 20.1.